The molecule has 0 aliphatic carbocycles. The van der Waals surface area contributed by atoms with E-state index in [1.54, 1.807) is 48.5 Å². The molecule has 0 bridgehead atoms. The fraction of sp³-hybridized carbons (Fsp3) is 0.0667. The molecule has 0 radical (unpaired) electrons. The Labute approximate surface area is 117 Å². The number of benzene rings is 2. The van der Waals surface area contributed by atoms with E-state index in [4.69, 9.17) is 0 Å². The molecule has 0 saturated carbocycles. The Morgan fingerprint density at radius 1 is 0.667 bits per heavy atom. The zero-order chi connectivity index (χ0) is 12.1. The van der Waals surface area contributed by atoms with Gasteiger partial charge < -0.3 is 0 Å². The fourth-order valence-corrected chi connectivity index (χ4v) is 1.60. The van der Waals surface area contributed by atoms with Gasteiger partial charge in [0.25, 0.3) is 0 Å². The van der Waals surface area contributed by atoms with Crippen LogP contribution in [0.4, 0.5) is 0 Å². The van der Waals surface area contributed by atoms with Gasteiger partial charge in [-0.2, -0.15) is 0 Å². The monoisotopic (exact) mass is 276 g/mol. The van der Waals surface area contributed by atoms with Gasteiger partial charge in [-0.3, -0.25) is 9.59 Å². The standard InChI is InChI=1S/C15H12O2.Cr/c16-14(12-7-3-1-4-8-12)11-15(17)13-9-5-2-6-10-13;/h1-10H,11H2;. The molecule has 0 saturated heterocycles. The summed E-state index contributed by atoms with van der Waals surface area (Å²) in [5, 5.41) is 0. The molecular formula is C15H12CrO2. The summed E-state index contributed by atoms with van der Waals surface area (Å²) >= 11 is 0. The summed E-state index contributed by atoms with van der Waals surface area (Å²) in [6.45, 7) is 0. The van der Waals surface area contributed by atoms with Gasteiger partial charge in [-0.1, -0.05) is 60.7 Å². The summed E-state index contributed by atoms with van der Waals surface area (Å²) in [5.74, 6) is -0.279. The Morgan fingerprint density at radius 2 is 1.00 bits per heavy atom. The molecule has 0 amide bonds. The molecule has 90 valence electrons. The fourth-order valence-electron chi connectivity index (χ4n) is 1.60. The van der Waals surface area contributed by atoms with Crippen molar-refractivity contribution in [2.75, 3.05) is 0 Å². The maximum atomic E-state index is 11.8. The predicted molar refractivity (Wildman–Crippen MR) is 66.2 cm³/mol. The second-order valence-electron chi connectivity index (χ2n) is 3.76. The molecule has 0 atom stereocenters. The SMILES string of the molecule is O=C(CC(=O)c1ccccc1)c1ccccc1.[Cr]. The maximum Gasteiger partial charge on any atom is 0.170 e. The first-order valence-electron chi connectivity index (χ1n) is 5.44. The molecule has 0 N–H and O–H groups in total. The third-order valence-corrected chi connectivity index (χ3v) is 2.51. The van der Waals surface area contributed by atoms with Gasteiger partial charge in [0.2, 0.25) is 0 Å². The van der Waals surface area contributed by atoms with Crippen LogP contribution in [0.25, 0.3) is 0 Å². The number of carbonyl (C=O) groups is 2. The minimum absolute atomic E-state index is 0. The Morgan fingerprint density at radius 3 is 1.33 bits per heavy atom. The van der Waals surface area contributed by atoms with Crippen molar-refractivity contribution in [3.63, 3.8) is 0 Å². The van der Waals surface area contributed by atoms with Gasteiger partial charge in [-0.25, -0.2) is 0 Å². The number of hydrogen-bond acceptors (Lipinski definition) is 2. The van der Waals surface area contributed by atoms with Crippen LogP contribution >= 0.6 is 0 Å². The van der Waals surface area contributed by atoms with Crippen LogP contribution in [0.5, 0.6) is 0 Å². The number of ketones is 2. The second kappa shape index (κ2) is 6.91. The van der Waals surface area contributed by atoms with E-state index < -0.39 is 0 Å². The quantitative estimate of drug-likeness (QED) is 0.635. The largest absolute Gasteiger partial charge is 0.294 e. The van der Waals surface area contributed by atoms with Gasteiger partial charge in [0, 0.05) is 28.5 Å². The van der Waals surface area contributed by atoms with E-state index in [9.17, 15) is 9.59 Å². The first-order chi connectivity index (χ1) is 8.27. The summed E-state index contributed by atoms with van der Waals surface area (Å²) in [7, 11) is 0. The van der Waals surface area contributed by atoms with Gasteiger partial charge in [0.05, 0.1) is 6.42 Å². The molecule has 0 aliphatic rings. The van der Waals surface area contributed by atoms with Crippen LogP contribution in [-0.4, -0.2) is 11.6 Å². The summed E-state index contributed by atoms with van der Waals surface area (Å²) in [5.41, 5.74) is 1.16. The molecule has 2 rings (SSSR count). The molecule has 2 aromatic rings. The third-order valence-electron chi connectivity index (χ3n) is 2.51. The molecule has 0 spiro atoms. The Balaban J connectivity index is 0.00000162. The Bertz CT molecular complexity index is 471. The average Bonchev–Trinajstić information content (AvgIpc) is 2.40. The van der Waals surface area contributed by atoms with Crippen LogP contribution in [0.2, 0.25) is 0 Å². The third kappa shape index (κ3) is 3.66. The molecule has 0 unspecified atom stereocenters. The van der Waals surface area contributed by atoms with E-state index in [1.807, 2.05) is 12.1 Å². The van der Waals surface area contributed by atoms with E-state index in [2.05, 4.69) is 0 Å². The van der Waals surface area contributed by atoms with Crippen LogP contribution < -0.4 is 0 Å². The summed E-state index contributed by atoms with van der Waals surface area (Å²) < 4.78 is 0. The smallest absolute Gasteiger partial charge is 0.170 e. The van der Waals surface area contributed by atoms with Crippen molar-refractivity contribution in [1.29, 1.82) is 0 Å². The van der Waals surface area contributed by atoms with E-state index in [0.29, 0.717) is 11.1 Å². The van der Waals surface area contributed by atoms with Crippen LogP contribution in [0, 0.1) is 0 Å². The molecule has 18 heavy (non-hydrogen) atoms. The number of rotatable bonds is 4. The molecule has 0 aromatic heterocycles. The Kier molecular flexibility index (Phi) is 5.51. The van der Waals surface area contributed by atoms with E-state index in [0.717, 1.165) is 0 Å². The topological polar surface area (TPSA) is 34.1 Å². The molecule has 0 fully saturated rings. The van der Waals surface area contributed by atoms with Gasteiger partial charge in [0.15, 0.2) is 11.6 Å². The molecule has 3 heteroatoms. The van der Waals surface area contributed by atoms with Crippen molar-refractivity contribution < 1.29 is 27.0 Å². The number of hydrogen-bond donors (Lipinski definition) is 0. The predicted octanol–water partition coefficient (Wildman–Crippen LogP) is 3.14. The number of Topliss-reactive ketones (excluding diaryl/α,β-unsaturated/α-hetero) is 2. The first kappa shape index (κ1) is 14.4. The summed E-state index contributed by atoms with van der Waals surface area (Å²) in [6.07, 6.45) is -0.0754. The second-order valence-corrected chi connectivity index (χ2v) is 3.76. The van der Waals surface area contributed by atoms with Crippen molar-refractivity contribution >= 4 is 11.6 Å². The molecule has 2 aromatic carbocycles. The minimum atomic E-state index is -0.139. The van der Waals surface area contributed by atoms with E-state index >= 15 is 0 Å². The number of carbonyl (C=O) groups excluding carboxylic acids is 2. The van der Waals surface area contributed by atoms with Gasteiger partial charge in [-0.15, -0.1) is 0 Å². The maximum absolute atomic E-state index is 11.8. The van der Waals surface area contributed by atoms with Crippen LogP contribution in [0.3, 0.4) is 0 Å². The zero-order valence-corrected chi connectivity index (χ0v) is 11.0. The van der Waals surface area contributed by atoms with Crippen molar-refractivity contribution in [2.45, 2.75) is 6.42 Å². The zero-order valence-electron chi connectivity index (χ0n) is 9.71. The first-order valence-corrected chi connectivity index (χ1v) is 5.44. The van der Waals surface area contributed by atoms with Crippen molar-refractivity contribution in [3.8, 4) is 0 Å². The summed E-state index contributed by atoms with van der Waals surface area (Å²) in [6, 6.07) is 17.7. The van der Waals surface area contributed by atoms with E-state index in [1.165, 1.54) is 0 Å². The van der Waals surface area contributed by atoms with Crippen molar-refractivity contribution in [1.82, 2.24) is 0 Å². The van der Waals surface area contributed by atoms with Crippen LogP contribution in [0.15, 0.2) is 60.7 Å². The molecule has 0 aliphatic heterocycles. The van der Waals surface area contributed by atoms with Gasteiger partial charge >= 0.3 is 0 Å². The van der Waals surface area contributed by atoms with Crippen LogP contribution in [0.1, 0.15) is 27.1 Å². The minimum Gasteiger partial charge on any atom is -0.294 e. The van der Waals surface area contributed by atoms with Gasteiger partial charge in [-0.05, 0) is 0 Å². The summed E-state index contributed by atoms with van der Waals surface area (Å²) in [4.78, 5) is 23.6. The van der Waals surface area contributed by atoms with Gasteiger partial charge in [0.1, 0.15) is 0 Å². The molecule has 2 nitrogen and oxygen atoms in total. The normalized spacial score (nSPS) is 9.33. The Hall–Kier alpha value is -1.69. The van der Waals surface area contributed by atoms with Crippen LogP contribution in [-0.2, 0) is 17.4 Å². The van der Waals surface area contributed by atoms with Crippen molar-refractivity contribution in [2.24, 2.45) is 0 Å². The van der Waals surface area contributed by atoms with E-state index in [-0.39, 0.29) is 35.3 Å². The van der Waals surface area contributed by atoms with Crippen molar-refractivity contribution in [3.05, 3.63) is 71.8 Å². The molecular weight excluding hydrogens is 264 g/mol. The molecule has 0 heterocycles. The average molecular weight is 276 g/mol.